The summed E-state index contributed by atoms with van der Waals surface area (Å²) >= 11 is 0. The fourth-order valence-corrected chi connectivity index (χ4v) is 3.74. The molecular formula is C15H20OS. The molecule has 2 heteroatoms. The van der Waals surface area contributed by atoms with Crippen LogP contribution in [-0.2, 0) is 10.8 Å². The highest BCUT2D eigenvalue weighted by atomic mass is 32.2. The molecule has 0 bridgehead atoms. The Labute approximate surface area is 106 Å². The van der Waals surface area contributed by atoms with Crippen molar-refractivity contribution < 1.29 is 4.21 Å². The van der Waals surface area contributed by atoms with Crippen molar-refractivity contribution in [2.45, 2.75) is 44.3 Å². The molecule has 0 aromatic heterocycles. The van der Waals surface area contributed by atoms with Gasteiger partial charge in [-0.05, 0) is 39.2 Å². The van der Waals surface area contributed by atoms with E-state index in [1.54, 1.807) is 0 Å². The van der Waals surface area contributed by atoms with Crippen molar-refractivity contribution >= 4 is 10.8 Å². The first-order valence-electron chi connectivity index (χ1n) is 6.17. The van der Waals surface area contributed by atoms with Crippen LogP contribution in [0.2, 0.25) is 0 Å². The van der Waals surface area contributed by atoms with Gasteiger partial charge in [0.05, 0.1) is 10.8 Å². The molecule has 1 aromatic carbocycles. The zero-order valence-electron chi connectivity index (χ0n) is 10.8. The summed E-state index contributed by atoms with van der Waals surface area (Å²) in [6, 6.07) is 10.4. The minimum atomic E-state index is -0.882. The molecule has 1 aliphatic carbocycles. The summed E-state index contributed by atoms with van der Waals surface area (Å²) < 4.78 is 12.3. The van der Waals surface area contributed by atoms with Gasteiger partial charge < -0.3 is 0 Å². The molecule has 2 atom stereocenters. The predicted octanol–water partition coefficient (Wildman–Crippen LogP) is 4.00. The van der Waals surface area contributed by atoms with Gasteiger partial charge in [0, 0.05) is 15.6 Å². The normalized spacial score (nSPS) is 22.3. The molecule has 0 spiro atoms. The Morgan fingerprint density at radius 2 is 1.82 bits per heavy atom. The summed E-state index contributed by atoms with van der Waals surface area (Å²) in [7, 11) is -0.882. The van der Waals surface area contributed by atoms with E-state index in [4.69, 9.17) is 0 Å². The highest BCUT2D eigenvalue weighted by Crippen LogP contribution is 2.39. The van der Waals surface area contributed by atoms with Crippen LogP contribution in [0.1, 0.15) is 45.1 Å². The zero-order valence-corrected chi connectivity index (χ0v) is 11.6. The SMILES string of the molecule is CC(C)(C)S(=O)C1=CCC[C@H]1c1ccccc1. The average Bonchev–Trinajstić information content (AvgIpc) is 2.76. The van der Waals surface area contributed by atoms with E-state index in [0.717, 1.165) is 17.7 Å². The fraction of sp³-hybridized carbons (Fsp3) is 0.467. The first-order chi connectivity index (χ1) is 8.00. The van der Waals surface area contributed by atoms with Crippen LogP contribution in [0.4, 0.5) is 0 Å². The molecule has 1 unspecified atom stereocenters. The van der Waals surface area contributed by atoms with Crippen molar-refractivity contribution in [3.63, 3.8) is 0 Å². The Kier molecular flexibility index (Phi) is 3.53. The third kappa shape index (κ3) is 2.68. The molecule has 0 radical (unpaired) electrons. The predicted molar refractivity (Wildman–Crippen MR) is 74.4 cm³/mol. The van der Waals surface area contributed by atoms with Crippen molar-refractivity contribution in [3.05, 3.63) is 46.9 Å². The largest absolute Gasteiger partial charge is 0.254 e. The molecule has 0 saturated carbocycles. The smallest absolute Gasteiger partial charge is 0.0545 e. The van der Waals surface area contributed by atoms with Gasteiger partial charge in [0.15, 0.2) is 0 Å². The Hall–Kier alpha value is -0.890. The molecule has 17 heavy (non-hydrogen) atoms. The van der Waals surface area contributed by atoms with E-state index in [1.807, 2.05) is 26.8 Å². The van der Waals surface area contributed by atoms with Gasteiger partial charge >= 0.3 is 0 Å². The quantitative estimate of drug-likeness (QED) is 0.773. The zero-order chi connectivity index (χ0) is 12.5. The number of allylic oxidation sites excluding steroid dienone is 2. The maximum absolute atomic E-state index is 12.5. The molecule has 0 N–H and O–H groups in total. The molecule has 1 nitrogen and oxygen atoms in total. The van der Waals surface area contributed by atoms with Crippen molar-refractivity contribution in [1.29, 1.82) is 0 Å². The molecule has 0 amide bonds. The van der Waals surface area contributed by atoms with E-state index in [-0.39, 0.29) is 4.75 Å². The average molecular weight is 248 g/mol. The Morgan fingerprint density at radius 1 is 1.18 bits per heavy atom. The molecule has 2 rings (SSSR count). The lowest BCUT2D eigenvalue weighted by molar-refractivity contribution is 0.649. The summed E-state index contributed by atoms with van der Waals surface area (Å²) in [5.41, 5.74) is 1.30. The van der Waals surface area contributed by atoms with Crippen LogP contribution >= 0.6 is 0 Å². The van der Waals surface area contributed by atoms with Crippen molar-refractivity contribution in [2.75, 3.05) is 0 Å². The highest BCUT2D eigenvalue weighted by Gasteiger charge is 2.31. The fourth-order valence-electron chi connectivity index (χ4n) is 2.25. The first kappa shape index (κ1) is 12.6. The first-order valence-corrected chi connectivity index (χ1v) is 7.32. The monoisotopic (exact) mass is 248 g/mol. The van der Waals surface area contributed by atoms with Gasteiger partial charge in [0.1, 0.15) is 0 Å². The second-order valence-electron chi connectivity index (χ2n) is 5.53. The molecule has 0 aliphatic heterocycles. The van der Waals surface area contributed by atoms with Crippen LogP contribution in [0.15, 0.2) is 41.3 Å². The lowest BCUT2D eigenvalue weighted by Crippen LogP contribution is -2.24. The van der Waals surface area contributed by atoms with Crippen LogP contribution in [0.25, 0.3) is 0 Å². The van der Waals surface area contributed by atoms with Crippen molar-refractivity contribution in [2.24, 2.45) is 0 Å². The van der Waals surface area contributed by atoms with Gasteiger partial charge in [-0.3, -0.25) is 4.21 Å². The maximum Gasteiger partial charge on any atom is 0.0545 e. The second-order valence-corrected chi connectivity index (χ2v) is 7.76. The molecule has 0 saturated heterocycles. The Bertz CT molecular complexity index is 440. The van der Waals surface area contributed by atoms with E-state index in [9.17, 15) is 4.21 Å². The van der Waals surface area contributed by atoms with Crippen LogP contribution in [0, 0.1) is 0 Å². The molecule has 0 heterocycles. The van der Waals surface area contributed by atoms with Gasteiger partial charge in [0.25, 0.3) is 0 Å². The summed E-state index contributed by atoms with van der Waals surface area (Å²) in [5, 5.41) is 0. The topological polar surface area (TPSA) is 17.1 Å². The summed E-state index contributed by atoms with van der Waals surface area (Å²) in [6.45, 7) is 6.14. The van der Waals surface area contributed by atoms with Crippen LogP contribution < -0.4 is 0 Å². The third-order valence-electron chi connectivity index (χ3n) is 3.12. The van der Waals surface area contributed by atoms with Gasteiger partial charge in [-0.1, -0.05) is 36.4 Å². The maximum atomic E-state index is 12.5. The summed E-state index contributed by atoms with van der Waals surface area (Å²) in [6.07, 6.45) is 4.33. The van der Waals surface area contributed by atoms with E-state index >= 15 is 0 Å². The molecule has 1 aliphatic rings. The van der Waals surface area contributed by atoms with Crippen LogP contribution in [-0.4, -0.2) is 8.96 Å². The summed E-state index contributed by atoms with van der Waals surface area (Å²) in [5.74, 6) is 0.358. The van der Waals surface area contributed by atoms with Crippen LogP contribution in [0.3, 0.4) is 0 Å². The van der Waals surface area contributed by atoms with E-state index in [1.165, 1.54) is 5.56 Å². The number of hydrogen-bond acceptors (Lipinski definition) is 1. The standard InChI is InChI=1S/C15H20OS/c1-15(2,3)17(16)14-11-7-10-13(14)12-8-5-4-6-9-12/h4-6,8-9,11,13H,7,10H2,1-3H3/t13-,17?/m0/s1. The molecule has 92 valence electrons. The van der Waals surface area contributed by atoms with Gasteiger partial charge in [-0.25, -0.2) is 0 Å². The van der Waals surface area contributed by atoms with Crippen molar-refractivity contribution in [3.8, 4) is 0 Å². The Balaban J connectivity index is 2.28. The number of benzene rings is 1. The third-order valence-corrected chi connectivity index (χ3v) is 5.11. The molecular weight excluding hydrogens is 228 g/mol. The minimum Gasteiger partial charge on any atom is -0.254 e. The Morgan fingerprint density at radius 3 is 2.41 bits per heavy atom. The lowest BCUT2D eigenvalue weighted by Gasteiger charge is -2.23. The van der Waals surface area contributed by atoms with E-state index in [0.29, 0.717) is 5.92 Å². The van der Waals surface area contributed by atoms with Crippen molar-refractivity contribution in [1.82, 2.24) is 0 Å². The summed E-state index contributed by atoms with van der Waals surface area (Å²) in [4.78, 5) is 1.13. The second kappa shape index (κ2) is 4.77. The van der Waals surface area contributed by atoms with E-state index in [2.05, 4.69) is 30.3 Å². The highest BCUT2D eigenvalue weighted by molar-refractivity contribution is 7.90. The van der Waals surface area contributed by atoms with E-state index < -0.39 is 10.8 Å². The van der Waals surface area contributed by atoms with Gasteiger partial charge in [-0.15, -0.1) is 0 Å². The molecule has 1 aromatic rings. The lowest BCUT2D eigenvalue weighted by atomic mass is 9.99. The van der Waals surface area contributed by atoms with Gasteiger partial charge in [0.2, 0.25) is 0 Å². The van der Waals surface area contributed by atoms with Gasteiger partial charge in [-0.2, -0.15) is 0 Å². The number of hydrogen-bond donors (Lipinski definition) is 0. The molecule has 0 fully saturated rings. The minimum absolute atomic E-state index is 0.163. The van der Waals surface area contributed by atoms with Crippen LogP contribution in [0.5, 0.6) is 0 Å². The number of rotatable bonds is 2.